The topological polar surface area (TPSA) is 142 Å². The summed E-state index contributed by atoms with van der Waals surface area (Å²) in [6, 6.07) is 4.40. The molecule has 1 aliphatic heterocycles. The van der Waals surface area contributed by atoms with Gasteiger partial charge < -0.3 is 31.1 Å². The molecule has 0 fully saturated rings. The SMILES string of the molecule is C/C1=C\CC[C@H](CO)[C@@H](OC(N)=O)/C(C)=C/[C@H](C)[C@@H](O)[C@@H](CO)C[C@H](C)Cc2cc(F)cc(c2)NC1=O. The van der Waals surface area contributed by atoms with Crippen LogP contribution in [-0.4, -0.2) is 52.7 Å². The van der Waals surface area contributed by atoms with Gasteiger partial charge in [-0.2, -0.15) is 0 Å². The molecule has 37 heavy (non-hydrogen) atoms. The molecule has 2 rings (SSSR count). The van der Waals surface area contributed by atoms with Crippen molar-refractivity contribution in [2.45, 2.75) is 65.6 Å². The van der Waals surface area contributed by atoms with Gasteiger partial charge in [-0.05, 0) is 74.8 Å². The number of primary amides is 1. The Bertz CT molecular complexity index is 995. The van der Waals surface area contributed by atoms with Crippen molar-refractivity contribution in [3.05, 3.63) is 52.9 Å². The van der Waals surface area contributed by atoms with E-state index in [1.807, 2.05) is 13.8 Å². The molecule has 8 nitrogen and oxygen atoms in total. The molecule has 0 saturated carbocycles. The first-order valence-corrected chi connectivity index (χ1v) is 12.8. The number of amides is 2. The number of rotatable bonds is 3. The van der Waals surface area contributed by atoms with Crippen LogP contribution in [0.3, 0.4) is 0 Å². The molecule has 1 aromatic rings. The van der Waals surface area contributed by atoms with Crippen LogP contribution in [0.15, 0.2) is 41.5 Å². The number of benzene rings is 1. The van der Waals surface area contributed by atoms with Crippen molar-refractivity contribution < 1.29 is 34.0 Å². The molecule has 0 saturated heterocycles. The van der Waals surface area contributed by atoms with Crippen LogP contribution in [0.5, 0.6) is 0 Å². The van der Waals surface area contributed by atoms with Gasteiger partial charge in [0.15, 0.2) is 0 Å². The molecule has 0 radical (unpaired) electrons. The van der Waals surface area contributed by atoms with Gasteiger partial charge in [-0.1, -0.05) is 26.0 Å². The molecule has 0 spiro atoms. The maximum atomic E-state index is 14.3. The fourth-order valence-corrected chi connectivity index (χ4v) is 5.06. The van der Waals surface area contributed by atoms with Crippen LogP contribution in [0.1, 0.15) is 52.5 Å². The Morgan fingerprint density at radius 3 is 2.46 bits per heavy atom. The van der Waals surface area contributed by atoms with Crippen LogP contribution in [0, 0.1) is 29.5 Å². The number of hydrogen-bond donors (Lipinski definition) is 5. The maximum Gasteiger partial charge on any atom is 0.405 e. The Labute approximate surface area is 218 Å². The standard InChI is InChI=1S/C28H41FN2O6/c1-16-8-20-11-23(29)13-24(12-20)31-27(35)17(2)6-5-7-21(14-32)26(37-28(30)36)19(4)10-18(3)25(34)22(9-16)15-33/h6,10-13,16,18,21-22,25-26,32-34H,5,7-9,14-15H2,1-4H3,(H2,30,36)(H,31,35)/b17-6+,19-10+/t16-,18+,21-,22-,25-,26+/m1/s1. The van der Waals surface area contributed by atoms with Gasteiger partial charge in [-0.15, -0.1) is 0 Å². The molecule has 206 valence electrons. The summed E-state index contributed by atoms with van der Waals surface area (Å²) in [6.07, 6.45) is 2.57. The summed E-state index contributed by atoms with van der Waals surface area (Å²) in [4.78, 5) is 24.3. The number of carbonyl (C=O) groups excluding carboxylic acids is 2. The highest BCUT2D eigenvalue weighted by Gasteiger charge is 2.29. The average Bonchev–Trinajstić information content (AvgIpc) is 2.82. The fourth-order valence-electron chi connectivity index (χ4n) is 5.06. The number of nitrogens with two attached hydrogens (primary N) is 1. The average molecular weight is 521 g/mol. The van der Waals surface area contributed by atoms with Gasteiger partial charge in [-0.25, -0.2) is 9.18 Å². The molecule has 1 aromatic carbocycles. The fraction of sp³-hybridized carbons (Fsp3) is 0.571. The Kier molecular flexibility index (Phi) is 11.7. The second kappa shape index (κ2) is 14.3. The smallest absolute Gasteiger partial charge is 0.405 e. The van der Waals surface area contributed by atoms with E-state index in [9.17, 15) is 29.3 Å². The lowest BCUT2D eigenvalue weighted by atomic mass is 9.82. The minimum absolute atomic E-state index is 0.00264. The Morgan fingerprint density at radius 1 is 1.16 bits per heavy atom. The quantitative estimate of drug-likeness (QED) is 0.385. The number of allylic oxidation sites excluding steroid dienone is 1. The van der Waals surface area contributed by atoms with E-state index in [4.69, 9.17) is 10.5 Å². The highest BCUT2D eigenvalue weighted by Crippen LogP contribution is 2.28. The van der Waals surface area contributed by atoms with Crippen LogP contribution in [-0.2, 0) is 16.0 Å². The second-order valence-electron chi connectivity index (χ2n) is 10.3. The summed E-state index contributed by atoms with van der Waals surface area (Å²) in [6.45, 7) is 6.63. The van der Waals surface area contributed by atoms with E-state index < -0.39 is 41.9 Å². The normalized spacial score (nSPS) is 31.4. The number of aliphatic hydroxyl groups excluding tert-OH is 3. The molecule has 1 heterocycles. The zero-order valence-corrected chi connectivity index (χ0v) is 22.1. The van der Waals surface area contributed by atoms with Crippen molar-refractivity contribution in [3.8, 4) is 0 Å². The van der Waals surface area contributed by atoms with E-state index in [2.05, 4.69) is 5.32 Å². The van der Waals surface area contributed by atoms with Crippen LogP contribution >= 0.6 is 0 Å². The van der Waals surface area contributed by atoms with Crippen molar-refractivity contribution in [2.24, 2.45) is 29.4 Å². The monoisotopic (exact) mass is 520 g/mol. The largest absolute Gasteiger partial charge is 0.441 e. The van der Waals surface area contributed by atoms with Crippen molar-refractivity contribution in [2.75, 3.05) is 18.5 Å². The van der Waals surface area contributed by atoms with E-state index in [0.29, 0.717) is 48.1 Å². The maximum absolute atomic E-state index is 14.3. The molecule has 1 aliphatic rings. The third-order valence-electron chi connectivity index (χ3n) is 6.99. The van der Waals surface area contributed by atoms with Crippen LogP contribution < -0.4 is 11.1 Å². The number of nitrogens with one attached hydrogen (secondary N) is 1. The zero-order valence-electron chi connectivity index (χ0n) is 22.1. The molecule has 0 aliphatic carbocycles. The highest BCUT2D eigenvalue weighted by atomic mass is 19.1. The summed E-state index contributed by atoms with van der Waals surface area (Å²) < 4.78 is 19.7. The number of aliphatic hydroxyl groups is 3. The predicted molar refractivity (Wildman–Crippen MR) is 140 cm³/mol. The lowest BCUT2D eigenvalue weighted by molar-refractivity contribution is -0.112. The number of ether oxygens (including phenoxy) is 1. The van der Waals surface area contributed by atoms with Crippen molar-refractivity contribution in [1.29, 1.82) is 0 Å². The molecule has 0 aromatic heterocycles. The molecule has 2 bridgehead atoms. The third-order valence-corrected chi connectivity index (χ3v) is 6.99. The van der Waals surface area contributed by atoms with Gasteiger partial charge in [0.25, 0.3) is 5.91 Å². The number of carbonyl (C=O) groups is 2. The summed E-state index contributed by atoms with van der Waals surface area (Å²) in [5.74, 6) is -2.17. The van der Waals surface area contributed by atoms with Gasteiger partial charge in [0.1, 0.15) is 11.9 Å². The van der Waals surface area contributed by atoms with Crippen LogP contribution in [0.2, 0.25) is 0 Å². The first-order chi connectivity index (χ1) is 17.4. The minimum Gasteiger partial charge on any atom is -0.441 e. The van der Waals surface area contributed by atoms with E-state index in [1.165, 1.54) is 12.1 Å². The second-order valence-corrected chi connectivity index (χ2v) is 10.3. The first kappa shape index (κ1) is 30.5. The highest BCUT2D eigenvalue weighted by molar-refractivity contribution is 6.03. The molecule has 0 unspecified atom stereocenters. The molecule has 2 amide bonds. The Morgan fingerprint density at radius 2 is 1.84 bits per heavy atom. The van der Waals surface area contributed by atoms with Gasteiger partial charge in [0.2, 0.25) is 0 Å². The van der Waals surface area contributed by atoms with E-state index in [-0.39, 0.29) is 25.0 Å². The number of anilines is 1. The molecular weight excluding hydrogens is 479 g/mol. The molecule has 6 N–H and O–H groups in total. The van der Waals surface area contributed by atoms with Crippen molar-refractivity contribution in [1.82, 2.24) is 0 Å². The van der Waals surface area contributed by atoms with Crippen molar-refractivity contribution in [3.63, 3.8) is 0 Å². The lowest BCUT2D eigenvalue weighted by Crippen LogP contribution is -2.34. The van der Waals surface area contributed by atoms with Gasteiger partial charge in [0.05, 0.1) is 6.10 Å². The lowest BCUT2D eigenvalue weighted by Gasteiger charge is -2.29. The van der Waals surface area contributed by atoms with Crippen molar-refractivity contribution >= 4 is 17.7 Å². The summed E-state index contributed by atoms with van der Waals surface area (Å²) >= 11 is 0. The minimum atomic E-state index is -0.982. The predicted octanol–water partition coefficient (Wildman–Crippen LogP) is 3.70. The van der Waals surface area contributed by atoms with E-state index >= 15 is 0 Å². The number of fused-ring (bicyclic) bond motifs is 2. The molecule has 9 heteroatoms. The van der Waals surface area contributed by atoms with E-state index in [0.717, 1.165) is 0 Å². The molecule has 6 atom stereocenters. The first-order valence-electron chi connectivity index (χ1n) is 12.8. The van der Waals surface area contributed by atoms with Gasteiger partial charge in [0, 0.05) is 42.2 Å². The molecular formula is C28H41FN2O6. The Balaban J connectivity index is 2.47. The summed E-state index contributed by atoms with van der Waals surface area (Å²) in [5.41, 5.74) is 7.40. The van der Waals surface area contributed by atoms with Gasteiger partial charge in [-0.3, -0.25) is 4.79 Å². The van der Waals surface area contributed by atoms with E-state index in [1.54, 1.807) is 32.1 Å². The Hall–Kier alpha value is -2.75. The van der Waals surface area contributed by atoms with Crippen LogP contribution in [0.25, 0.3) is 0 Å². The zero-order chi connectivity index (χ0) is 27.7. The number of halogens is 1. The summed E-state index contributed by atoms with van der Waals surface area (Å²) in [7, 11) is 0. The third kappa shape index (κ3) is 9.25. The number of hydrogen-bond acceptors (Lipinski definition) is 6. The van der Waals surface area contributed by atoms with Crippen LogP contribution in [0.4, 0.5) is 14.9 Å². The van der Waals surface area contributed by atoms with Gasteiger partial charge >= 0.3 is 6.09 Å². The summed E-state index contributed by atoms with van der Waals surface area (Å²) in [5, 5.41) is 33.8.